The van der Waals surface area contributed by atoms with Crippen molar-refractivity contribution < 1.29 is 13.2 Å². The molecule has 9 nitrogen and oxygen atoms in total. The number of hydrogen-bond acceptors (Lipinski definition) is 7. The van der Waals surface area contributed by atoms with Gasteiger partial charge in [-0.05, 0) is 56.3 Å². The number of H-pyrrole nitrogens is 1. The van der Waals surface area contributed by atoms with Crippen LogP contribution in [-0.2, 0) is 14.8 Å². The van der Waals surface area contributed by atoms with Crippen LogP contribution in [0.4, 0.5) is 11.6 Å². The van der Waals surface area contributed by atoms with E-state index in [-0.39, 0.29) is 23.2 Å². The van der Waals surface area contributed by atoms with Gasteiger partial charge in [0.25, 0.3) is 10.0 Å². The van der Waals surface area contributed by atoms with Crippen molar-refractivity contribution in [3.63, 3.8) is 0 Å². The molecule has 0 atom stereocenters. The summed E-state index contributed by atoms with van der Waals surface area (Å²) in [5.74, 6) is 0.403. The number of sulfonamides is 1. The van der Waals surface area contributed by atoms with Gasteiger partial charge < -0.3 is 10.3 Å². The highest BCUT2D eigenvalue weighted by Crippen LogP contribution is 2.21. The summed E-state index contributed by atoms with van der Waals surface area (Å²) >= 11 is 1.47. The van der Waals surface area contributed by atoms with Crippen molar-refractivity contribution in [2.75, 3.05) is 15.8 Å². The fraction of sp³-hybridized carbons (Fsp3) is 0.182. The van der Waals surface area contributed by atoms with Crippen LogP contribution in [0, 0.1) is 13.8 Å². The lowest BCUT2D eigenvalue weighted by Gasteiger charge is -2.09. The van der Waals surface area contributed by atoms with Gasteiger partial charge in [-0.3, -0.25) is 4.79 Å². The van der Waals surface area contributed by atoms with Gasteiger partial charge in [0.2, 0.25) is 11.9 Å². The number of amides is 1. The van der Waals surface area contributed by atoms with Crippen molar-refractivity contribution in [3.8, 4) is 0 Å². The molecule has 4 aromatic rings. The number of fused-ring (bicyclic) bond motifs is 1. The Bertz CT molecular complexity index is 1350. The second-order valence-corrected chi connectivity index (χ2v) is 10.1. The molecule has 2 aromatic heterocycles. The third-order valence-corrected chi connectivity index (χ3v) is 6.81. The van der Waals surface area contributed by atoms with Crippen LogP contribution in [0.3, 0.4) is 0 Å². The summed E-state index contributed by atoms with van der Waals surface area (Å²) < 4.78 is 27.6. The molecule has 0 spiro atoms. The fourth-order valence-electron chi connectivity index (χ4n) is 3.13. The Morgan fingerprint density at radius 2 is 1.70 bits per heavy atom. The standard InChI is InChI=1S/C22H22N6O3S2/c1-14-13-15(2)24-21(23-14)28-33(30,31)17-9-7-16(8-10-17)25-20(29)11-12-32-22-26-18-5-3-4-6-19(18)27-22/h3-10,13H,11-12H2,1-2H3,(H,25,29)(H,26,27)(H,23,24,28). The summed E-state index contributed by atoms with van der Waals surface area (Å²) in [5.41, 5.74) is 3.68. The Morgan fingerprint density at radius 3 is 2.39 bits per heavy atom. The molecule has 0 radical (unpaired) electrons. The van der Waals surface area contributed by atoms with Crippen LogP contribution >= 0.6 is 11.8 Å². The first-order chi connectivity index (χ1) is 15.8. The number of para-hydroxylation sites is 2. The average molecular weight is 483 g/mol. The lowest BCUT2D eigenvalue weighted by atomic mass is 10.3. The van der Waals surface area contributed by atoms with E-state index in [2.05, 4.69) is 30.0 Å². The molecule has 0 aliphatic heterocycles. The van der Waals surface area contributed by atoms with E-state index in [1.165, 1.54) is 23.9 Å². The molecule has 0 aliphatic rings. The highest BCUT2D eigenvalue weighted by molar-refractivity contribution is 7.99. The number of nitrogens with one attached hydrogen (secondary N) is 3. The van der Waals surface area contributed by atoms with Gasteiger partial charge in [-0.2, -0.15) is 0 Å². The van der Waals surface area contributed by atoms with E-state index >= 15 is 0 Å². The Labute approximate surface area is 195 Å². The quantitative estimate of drug-likeness (QED) is 0.325. The summed E-state index contributed by atoms with van der Waals surface area (Å²) in [6.45, 7) is 3.53. The van der Waals surface area contributed by atoms with Crippen LogP contribution in [0.1, 0.15) is 17.8 Å². The highest BCUT2D eigenvalue weighted by Gasteiger charge is 2.16. The molecule has 2 heterocycles. The number of nitrogens with zero attached hydrogens (tertiary/aromatic N) is 3. The molecule has 1 amide bonds. The minimum Gasteiger partial charge on any atom is -0.333 e. The van der Waals surface area contributed by atoms with E-state index in [0.29, 0.717) is 22.8 Å². The lowest BCUT2D eigenvalue weighted by Crippen LogP contribution is -2.16. The maximum absolute atomic E-state index is 12.6. The number of aromatic amines is 1. The number of rotatable bonds is 8. The maximum atomic E-state index is 12.6. The number of aryl methyl sites for hydroxylation is 2. The topological polar surface area (TPSA) is 130 Å². The smallest absolute Gasteiger partial charge is 0.264 e. The van der Waals surface area contributed by atoms with Gasteiger partial charge in [-0.25, -0.2) is 28.1 Å². The molecule has 0 saturated heterocycles. The normalized spacial score (nSPS) is 11.5. The largest absolute Gasteiger partial charge is 0.333 e. The number of thioether (sulfide) groups is 1. The summed E-state index contributed by atoms with van der Waals surface area (Å²) in [7, 11) is -3.85. The Morgan fingerprint density at radius 1 is 1.00 bits per heavy atom. The molecule has 0 fully saturated rings. The van der Waals surface area contributed by atoms with Crippen LogP contribution in [0.25, 0.3) is 11.0 Å². The summed E-state index contributed by atoms with van der Waals surface area (Å²) in [4.78, 5) is 28.2. The molecule has 11 heteroatoms. The van der Waals surface area contributed by atoms with E-state index < -0.39 is 10.0 Å². The zero-order valence-electron chi connectivity index (χ0n) is 18.0. The third-order valence-electron chi connectivity index (χ3n) is 4.59. The predicted octanol–water partition coefficient (Wildman–Crippen LogP) is 3.89. The van der Waals surface area contributed by atoms with Gasteiger partial charge in [-0.15, -0.1) is 0 Å². The number of imidazole rings is 1. The first kappa shape index (κ1) is 22.7. The molecule has 170 valence electrons. The first-order valence-electron chi connectivity index (χ1n) is 10.1. The average Bonchev–Trinajstić information content (AvgIpc) is 3.16. The van der Waals surface area contributed by atoms with E-state index in [1.807, 2.05) is 24.3 Å². The van der Waals surface area contributed by atoms with Crippen LogP contribution in [0.15, 0.2) is 64.6 Å². The number of carbonyl (C=O) groups excluding carboxylic acids is 1. The van der Waals surface area contributed by atoms with Gasteiger partial charge in [0, 0.05) is 29.2 Å². The molecule has 0 saturated carbocycles. The van der Waals surface area contributed by atoms with Crippen LogP contribution in [0.5, 0.6) is 0 Å². The number of carbonyl (C=O) groups is 1. The predicted molar refractivity (Wildman–Crippen MR) is 129 cm³/mol. The van der Waals surface area contributed by atoms with Crippen molar-refractivity contribution in [1.82, 2.24) is 19.9 Å². The molecule has 0 aliphatic carbocycles. The zero-order valence-corrected chi connectivity index (χ0v) is 19.6. The van der Waals surface area contributed by atoms with E-state index in [1.54, 1.807) is 32.0 Å². The van der Waals surface area contributed by atoms with Crippen LogP contribution in [0.2, 0.25) is 0 Å². The minimum absolute atomic E-state index is 0.0202. The molecule has 4 rings (SSSR count). The minimum atomic E-state index is -3.85. The molecular formula is C22H22N6O3S2. The van der Waals surface area contributed by atoms with Gasteiger partial charge in [-0.1, -0.05) is 23.9 Å². The van der Waals surface area contributed by atoms with Crippen LogP contribution in [-0.4, -0.2) is 40.0 Å². The van der Waals surface area contributed by atoms with Crippen molar-refractivity contribution in [2.24, 2.45) is 0 Å². The zero-order chi connectivity index (χ0) is 23.4. The summed E-state index contributed by atoms with van der Waals surface area (Å²) in [6.07, 6.45) is 0.285. The molecule has 2 aromatic carbocycles. The van der Waals surface area contributed by atoms with Gasteiger partial charge in [0.1, 0.15) is 0 Å². The van der Waals surface area contributed by atoms with E-state index in [4.69, 9.17) is 0 Å². The lowest BCUT2D eigenvalue weighted by molar-refractivity contribution is -0.115. The van der Waals surface area contributed by atoms with Crippen molar-refractivity contribution >= 4 is 50.4 Å². The second-order valence-electron chi connectivity index (χ2n) is 7.31. The molecule has 0 unspecified atom stereocenters. The maximum Gasteiger partial charge on any atom is 0.264 e. The Balaban J connectivity index is 1.31. The van der Waals surface area contributed by atoms with E-state index in [9.17, 15) is 13.2 Å². The molecular weight excluding hydrogens is 460 g/mol. The molecule has 33 heavy (non-hydrogen) atoms. The summed E-state index contributed by atoms with van der Waals surface area (Å²) in [5, 5.41) is 3.54. The van der Waals surface area contributed by atoms with E-state index in [0.717, 1.165) is 16.2 Å². The molecule has 3 N–H and O–H groups in total. The van der Waals surface area contributed by atoms with Crippen molar-refractivity contribution in [2.45, 2.75) is 30.3 Å². The number of anilines is 2. The highest BCUT2D eigenvalue weighted by atomic mass is 32.2. The number of benzene rings is 2. The second kappa shape index (κ2) is 9.59. The Kier molecular flexibility index (Phi) is 6.61. The van der Waals surface area contributed by atoms with Crippen molar-refractivity contribution in [3.05, 3.63) is 66.0 Å². The van der Waals surface area contributed by atoms with Gasteiger partial charge >= 0.3 is 0 Å². The Hall–Kier alpha value is -3.44. The van der Waals surface area contributed by atoms with Gasteiger partial charge in [0.15, 0.2) is 5.16 Å². The number of aromatic nitrogens is 4. The van der Waals surface area contributed by atoms with Gasteiger partial charge in [0.05, 0.1) is 15.9 Å². The monoisotopic (exact) mass is 482 g/mol. The first-order valence-corrected chi connectivity index (χ1v) is 12.6. The number of hydrogen-bond donors (Lipinski definition) is 3. The fourth-order valence-corrected chi connectivity index (χ4v) is 4.90. The van der Waals surface area contributed by atoms with Crippen molar-refractivity contribution in [1.29, 1.82) is 0 Å². The third kappa shape index (κ3) is 5.88. The van der Waals surface area contributed by atoms with Crippen LogP contribution < -0.4 is 10.0 Å². The molecule has 0 bridgehead atoms. The SMILES string of the molecule is Cc1cc(C)nc(NS(=O)(=O)c2ccc(NC(=O)CCSc3nc4ccccc4[nH]3)cc2)n1. The summed E-state index contributed by atoms with van der Waals surface area (Å²) in [6, 6.07) is 15.4.